The van der Waals surface area contributed by atoms with E-state index in [0.717, 1.165) is 77.0 Å². The molecule has 0 amide bonds. The molecule has 0 fully saturated rings. The summed E-state index contributed by atoms with van der Waals surface area (Å²) in [6.07, 6.45) is 11.1. The summed E-state index contributed by atoms with van der Waals surface area (Å²) in [5.41, 5.74) is -1.11. The van der Waals surface area contributed by atoms with Crippen molar-refractivity contribution in [2.24, 2.45) is 23.2 Å². The largest absolute Gasteiger partial charge is 0.481 e. The molecule has 10 nitrogen and oxygen atoms in total. The molecule has 0 aliphatic heterocycles. The molecule has 0 aromatic rings. The third kappa shape index (κ3) is 26.2. The minimum Gasteiger partial charge on any atom is -0.481 e. The highest BCUT2D eigenvalue weighted by molar-refractivity contribution is 5.70. The van der Waals surface area contributed by atoms with Gasteiger partial charge in [-0.2, -0.15) is 0 Å². The van der Waals surface area contributed by atoms with Crippen LogP contribution in [0.2, 0.25) is 0 Å². The van der Waals surface area contributed by atoms with Gasteiger partial charge in [-0.15, -0.1) is 0 Å². The Bertz CT molecular complexity index is 485. The average molecular weight is 569 g/mol. The molecular formula is C29H60O10. The van der Waals surface area contributed by atoms with E-state index in [-0.39, 0.29) is 17.8 Å². The zero-order chi connectivity index (χ0) is 31.3. The number of carboxylic acids is 3. The zero-order valence-electron chi connectivity index (χ0n) is 25.4. The smallest absolute Gasteiger partial charge is 0.306 e. The standard InChI is InChI=1S/3C8H16O2.C5H12O4/c3*1-3-5-6-7(4-2)8(9)10;6-1-5(2-7,3-8)4-9/h3*7H,3-6H2,1-2H3,(H,9,10);6-9H,1-4H2. The van der Waals surface area contributed by atoms with E-state index < -0.39 is 49.8 Å². The predicted octanol–water partition coefficient (Wildman–Crippen LogP) is 4.80. The van der Waals surface area contributed by atoms with Crippen LogP contribution in [0.5, 0.6) is 0 Å². The lowest BCUT2D eigenvalue weighted by atomic mass is 9.93. The highest BCUT2D eigenvalue weighted by atomic mass is 16.4. The molecule has 0 rings (SSSR count). The highest BCUT2D eigenvalue weighted by Gasteiger charge is 2.26. The summed E-state index contributed by atoms with van der Waals surface area (Å²) < 4.78 is 0. The molecule has 3 atom stereocenters. The molecule has 39 heavy (non-hydrogen) atoms. The van der Waals surface area contributed by atoms with Gasteiger partial charge in [-0.25, -0.2) is 0 Å². The second-order valence-electron chi connectivity index (χ2n) is 9.89. The van der Waals surface area contributed by atoms with Gasteiger partial charge in [-0.05, 0) is 38.5 Å². The van der Waals surface area contributed by atoms with E-state index in [0.29, 0.717) is 0 Å². The van der Waals surface area contributed by atoms with Gasteiger partial charge in [0.05, 0.1) is 49.6 Å². The summed E-state index contributed by atoms with van der Waals surface area (Å²) >= 11 is 0. The van der Waals surface area contributed by atoms with Crippen molar-refractivity contribution in [3.8, 4) is 0 Å². The Morgan fingerprint density at radius 3 is 0.769 bits per heavy atom. The molecule has 0 bridgehead atoms. The van der Waals surface area contributed by atoms with Crippen LogP contribution in [0, 0.1) is 23.2 Å². The number of aliphatic carboxylic acids is 3. The Balaban J connectivity index is -0.000000210. The average Bonchev–Trinajstić information content (AvgIpc) is 2.92. The van der Waals surface area contributed by atoms with Crippen molar-refractivity contribution in [1.29, 1.82) is 0 Å². The van der Waals surface area contributed by atoms with Crippen LogP contribution in [0.15, 0.2) is 0 Å². The molecule has 0 spiro atoms. The lowest BCUT2D eigenvalue weighted by Crippen LogP contribution is -2.37. The van der Waals surface area contributed by atoms with E-state index in [1.165, 1.54) is 0 Å². The fourth-order valence-electron chi connectivity index (χ4n) is 3.16. The molecular weight excluding hydrogens is 508 g/mol. The number of aliphatic hydroxyl groups excluding tert-OH is 4. The van der Waals surface area contributed by atoms with Crippen LogP contribution >= 0.6 is 0 Å². The molecule has 0 radical (unpaired) electrons. The Hall–Kier alpha value is -1.75. The second-order valence-corrected chi connectivity index (χ2v) is 9.89. The number of carbonyl (C=O) groups is 3. The predicted molar refractivity (Wildman–Crippen MR) is 154 cm³/mol. The Kier molecular flexibility index (Phi) is 35.0. The number of hydrogen-bond donors (Lipinski definition) is 7. The Labute approximate surface area is 236 Å². The quantitative estimate of drug-likeness (QED) is 0.114. The van der Waals surface area contributed by atoms with Crippen LogP contribution in [0.4, 0.5) is 0 Å². The SMILES string of the molecule is CCCCC(CC)C(=O)O.CCCCC(CC)C(=O)O.CCCCC(CC)C(=O)O.OCC(CO)(CO)CO. The Morgan fingerprint density at radius 2 is 0.692 bits per heavy atom. The van der Waals surface area contributed by atoms with Crippen molar-refractivity contribution < 1.29 is 50.1 Å². The number of unbranched alkanes of at least 4 members (excludes halogenated alkanes) is 3. The summed E-state index contributed by atoms with van der Waals surface area (Å²) in [6, 6.07) is 0. The molecule has 0 saturated carbocycles. The van der Waals surface area contributed by atoms with Crippen molar-refractivity contribution in [1.82, 2.24) is 0 Å². The third-order valence-electron chi connectivity index (χ3n) is 6.59. The molecule has 0 aliphatic rings. The van der Waals surface area contributed by atoms with Crippen LogP contribution in [0.1, 0.15) is 119 Å². The van der Waals surface area contributed by atoms with E-state index in [4.69, 9.17) is 35.7 Å². The summed E-state index contributed by atoms with van der Waals surface area (Å²) in [5.74, 6) is -2.26. The van der Waals surface area contributed by atoms with Crippen molar-refractivity contribution >= 4 is 17.9 Å². The molecule has 236 valence electrons. The fourth-order valence-corrected chi connectivity index (χ4v) is 3.16. The van der Waals surface area contributed by atoms with Crippen molar-refractivity contribution in [2.75, 3.05) is 26.4 Å². The van der Waals surface area contributed by atoms with Crippen LogP contribution in [-0.4, -0.2) is 80.1 Å². The van der Waals surface area contributed by atoms with Gasteiger partial charge in [0, 0.05) is 0 Å². The number of aliphatic hydroxyl groups is 4. The van der Waals surface area contributed by atoms with Crippen molar-refractivity contribution in [2.45, 2.75) is 119 Å². The van der Waals surface area contributed by atoms with Crippen LogP contribution < -0.4 is 0 Å². The maximum atomic E-state index is 10.4. The molecule has 0 saturated heterocycles. The minimum absolute atomic E-state index is 0.111. The van der Waals surface area contributed by atoms with Gasteiger partial charge in [0.2, 0.25) is 0 Å². The first kappa shape index (κ1) is 44.3. The molecule has 0 aromatic heterocycles. The highest BCUT2D eigenvalue weighted by Crippen LogP contribution is 2.14. The van der Waals surface area contributed by atoms with E-state index >= 15 is 0 Å². The van der Waals surface area contributed by atoms with E-state index in [2.05, 4.69) is 20.8 Å². The first-order valence-corrected chi connectivity index (χ1v) is 14.5. The van der Waals surface area contributed by atoms with Gasteiger partial charge >= 0.3 is 17.9 Å². The summed E-state index contributed by atoms with van der Waals surface area (Å²) in [6.45, 7) is 10.4. The van der Waals surface area contributed by atoms with E-state index in [1.54, 1.807) is 0 Å². The van der Waals surface area contributed by atoms with Crippen LogP contribution in [0.25, 0.3) is 0 Å². The molecule has 0 heterocycles. The number of hydrogen-bond acceptors (Lipinski definition) is 7. The first-order chi connectivity index (χ1) is 18.4. The van der Waals surface area contributed by atoms with Gasteiger partial charge in [-0.3, -0.25) is 14.4 Å². The summed E-state index contributed by atoms with van der Waals surface area (Å²) in [4.78, 5) is 31.3. The zero-order valence-corrected chi connectivity index (χ0v) is 25.4. The topological polar surface area (TPSA) is 193 Å². The summed E-state index contributed by atoms with van der Waals surface area (Å²) in [7, 11) is 0. The monoisotopic (exact) mass is 568 g/mol. The molecule has 0 aromatic carbocycles. The van der Waals surface area contributed by atoms with Gasteiger partial charge in [0.1, 0.15) is 0 Å². The number of carboxylic acid groups (broad SMARTS) is 3. The lowest BCUT2D eigenvalue weighted by Gasteiger charge is -2.23. The Morgan fingerprint density at radius 1 is 0.487 bits per heavy atom. The molecule has 7 N–H and O–H groups in total. The van der Waals surface area contributed by atoms with Crippen LogP contribution in [0.3, 0.4) is 0 Å². The minimum atomic E-state index is -1.11. The number of rotatable bonds is 19. The molecule has 10 heteroatoms. The lowest BCUT2D eigenvalue weighted by molar-refractivity contribution is -0.143. The second kappa shape index (κ2) is 30.8. The fraction of sp³-hybridized carbons (Fsp3) is 0.897. The van der Waals surface area contributed by atoms with Gasteiger partial charge in [-0.1, -0.05) is 80.1 Å². The van der Waals surface area contributed by atoms with E-state index in [1.807, 2.05) is 20.8 Å². The van der Waals surface area contributed by atoms with Crippen LogP contribution in [-0.2, 0) is 14.4 Å². The maximum Gasteiger partial charge on any atom is 0.306 e. The first-order valence-electron chi connectivity index (χ1n) is 14.5. The van der Waals surface area contributed by atoms with Gasteiger partial charge < -0.3 is 35.7 Å². The molecule has 0 aliphatic carbocycles. The summed E-state index contributed by atoms with van der Waals surface area (Å²) in [5, 5.41) is 59.8. The van der Waals surface area contributed by atoms with Gasteiger partial charge in [0.15, 0.2) is 0 Å². The van der Waals surface area contributed by atoms with E-state index in [9.17, 15) is 14.4 Å². The van der Waals surface area contributed by atoms with Gasteiger partial charge in [0.25, 0.3) is 0 Å². The van der Waals surface area contributed by atoms with Crippen molar-refractivity contribution in [3.63, 3.8) is 0 Å². The molecule has 3 unspecified atom stereocenters. The normalized spacial score (nSPS) is 12.8. The third-order valence-corrected chi connectivity index (χ3v) is 6.59. The van der Waals surface area contributed by atoms with Crippen molar-refractivity contribution in [3.05, 3.63) is 0 Å². The maximum absolute atomic E-state index is 10.4.